The van der Waals surface area contributed by atoms with Crippen molar-refractivity contribution in [3.8, 4) is 0 Å². The smallest absolute Gasteiger partial charge is 0.382 e. The van der Waals surface area contributed by atoms with Crippen LogP contribution in [0.4, 0.5) is 24.5 Å². The lowest BCUT2D eigenvalue weighted by molar-refractivity contribution is -0.136. The number of rotatable bonds is 5. The van der Waals surface area contributed by atoms with Crippen LogP contribution in [0.15, 0.2) is 36.5 Å². The number of carbonyl (C=O) groups excluding carboxylic acids is 1. The summed E-state index contributed by atoms with van der Waals surface area (Å²) < 4.78 is 39.3. The normalized spacial score (nSPS) is 12.6. The van der Waals surface area contributed by atoms with Gasteiger partial charge in [-0.2, -0.15) is 13.2 Å². The molecule has 0 bridgehead atoms. The molecular weight excluding hydrogens is 355 g/mol. The maximum atomic E-state index is 13.1. The van der Waals surface area contributed by atoms with Crippen LogP contribution in [0.25, 0.3) is 0 Å². The topological polar surface area (TPSA) is 54.0 Å². The standard InChI is InChI=1S/C17H17ClF3N3O/c1-3-10(2)23-12-6-7-22-15(9-12)16(25)24-14-5-4-11(18)8-13(14)17(19,20)21/h4-10H,3H2,1-2H3,(H,22,23)(H,24,25). The van der Waals surface area contributed by atoms with Crippen molar-refractivity contribution in [1.29, 1.82) is 0 Å². The van der Waals surface area contributed by atoms with Crippen molar-refractivity contribution in [3.63, 3.8) is 0 Å². The van der Waals surface area contributed by atoms with Gasteiger partial charge in [0.1, 0.15) is 5.69 Å². The number of halogens is 4. The molecule has 2 rings (SSSR count). The zero-order valence-electron chi connectivity index (χ0n) is 13.6. The molecule has 0 aliphatic heterocycles. The highest BCUT2D eigenvalue weighted by Gasteiger charge is 2.34. The summed E-state index contributed by atoms with van der Waals surface area (Å²) in [5, 5.41) is 5.36. The zero-order valence-corrected chi connectivity index (χ0v) is 14.4. The molecule has 0 saturated carbocycles. The molecule has 2 aromatic rings. The van der Waals surface area contributed by atoms with Crippen molar-refractivity contribution in [3.05, 3.63) is 52.8 Å². The second-order valence-electron chi connectivity index (χ2n) is 5.53. The summed E-state index contributed by atoms with van der Waals surface area (Å²) >= 11 is 5.63. The van der Waals surface area contributed by atoms with E-state index >= 15 is 0 Å². The van der Waals surface area contributed by atoms with E-state index in [0.717, 1.165) is 18.6 Å². The molecule has 0 radical (unpaired) electrons. The molecule has 0 aliphatic rings. The number of hydrogen-bond donors (Lipinski definition) is 2. The minimum absolute atomic E-state index is 0.0105. The minimum atomic E-state index is -4.64. The molecule has 0 saturated heterocycles. The Bertz CT molecular complexity index is 765. The maximum absolute atomic E-state index is 13.1. The van der Waals surface area contributed by atoms with Crippen molar-refractivity contribution in [1.82, 2.24) is 4.98 Å². The number of pyridine rings is 1. The Balaban J connectivity index is 2.25. The average molecular weight is 372 g/mol. The summed E-state index contributed by atoms with van der Waals surface area (Å²) in [6.07, 6.45) is -2.34. The van der Waals surface area contributed by atoms with Crippen LogP contribution in [-0.2, 0) is 6.18 Å². The summed E-state index contributed by atoms with van der Waals surface area (Å²) in [5.74, 6) is -0.736. The first-order valence-electron chi connectivity index (χ1n) is 7.61. The lowest BCUT2D eigenvalue weighted by atomic mass is 10.1. The third-order valence-corrected chi connectivity index (χ3v) is 3.79. The van der Waals surface area contributed by atoms with E-state index in [4.69, 9.17) is 11.6 Å². The Kier molecular flexibility index (Phi) is 5.89. The first-order valence-corrected chi connectivity index (χ1v) is 7.99. The molecule has 2 N–H and O–H groups in total. The predicted molar refractivity (Wildman–Crippen MR) is 92.0 cm³/mol. The molecule has 1 heterocycles. The lowest BCUT2D eigenvalue weighted by Crippen LogP contribution is -2.19. The van der Waals surface area contributed by atoms with E-state index in [1.807, 2.05) is 13.8 Å². The Labute approximate surface area is 148 Å². The molecule has 1 aromatic heterocycles. The molecule has 1 amide bonds. The van der Waals surface area contributed by atoms with Crippen LogP contribution in [0.2, 0.25) is 5.02 Å². The van der Waals surface area contributed by atoms with Gasteiger partial charge in [0.2, 0.25) is 0 Å². The van der Waals surface area contributed by atoms with Crippen molar-refractivity contribution < 1.29 is 18.0 Å². The summed E-state index contributed by atoms with van der Waals surface area (Å²) in [4.78, 5) is 16.2. The molecule has 134 valence electrons. The van der Waals surface area contributed by atoms with Gasteiger partial charge in [-0.3, -0.25) is 9.78 Å². The van der Waals surface area contributed by atoms with Crippen LogP contribution < -0.4 is 10.6 Å². The second-order valence-corrected chi connectivity index (χ2v) is 5.96. The van der Waals surface area contributed by atoms with Gasteiger partial charge in [-0.15, -0.1) is 0 Å². The van der Waals surface area contributed by atoms with Crippen LogP contribution in [-0.4, -0.2) is 16.9 Å². The number of amides is 1. The van der Waals surface area contributed by atoms with Gasteiger partial charge in [-0.25, -0.2) is 0 Å². The molecule has 25 heavy (non-hydrogen) atoms. The molecule has 0 fully saturated rings. The SMILES string of the molecule is CCC(C)Nc1ccnc(C(=O)Nc2ccc(Cl)cc2C(F)(F)F)c1. The molecule has 8 heteroatoms. The Morgan fingerprint density at radius 3 is 2.64 bits per heavy atom. The molecule has 1 unspecified atom stereocenters. The van der Waals surface area contributed by atoms with Gasteiger partial charge in [0.25, 0.3) is 5.91 Å². The quantitative estimate of drug-likeness (QED) is 0.758. The highest BCUT2D eigenvalue weighted by atomic mass is 35.5. The fourth-order valence-corrected chi connectivity index (χ4v) is 2.25. The lowest BCUT2D eigenvalue weighted by Gasteiger charge is -2.15. The van der Waals surface area contributed by atoms with Gasteiger partial charge in [0, 0.05) is 22.9 Å². The first-order chi connectivity index (χ1) is 11.7. The van der Waals surface area contributed by atoms with Gasteiger partial charge in [-0.05, 0) is 43.7 Å². The fourth-order valence-electron chi connectivity index (χ4n) is 2.08. The van der Waals surface area contributed by atoms with Crippen LogP contribution in [0.3, 0.4) is 0 Å². The van der Waals surface area contributed by atoms with E-state index in [-0.39, 0.29) is 22.4 Å². The predicted octanol–water partition coefficient (Wildman–Crippen LogP) is 5.22. The average Bonchev–Trinajstić information content (AvgIpc) is 2.55. The van der Waals surface area contributed by atoms with E-state index in [9.17, 15) is 18.0 Å². The largest absolute Gasteiger partial charge is 0.418 e. The van der Waals surface area contributed by atoms with Crippen LogP contribution in [0, 0.1) is 0 Å². The summed E-state index contributed by atoms with van der Waals surface area (Å²) in [5.41, 5.74) is -0.704. The van der Waals surface area contributed by atoms with Gasteiger partial charge >= 0.3 is 6.18 Å². The fraction of sp³-hybridized carbons (Fsp3) is 0.294. The minimum Gasteiger partial charge on any atom is -0.382 e. The number of carbonyl (C=O) groups is 1. The van der Waals surface area contributed by atoms with Gasteiger partial charge in [-0.1, -0.05) is 18.5 Å². The highest BCUT2D eigenvalue weighted by molar-refractivity contribution is 6.30. The number of hydrogen-bond acceptors (Lipinski definition) is 3. The number of alkyl halides is 3. The summed E-state index contributed by atoms with van der Waals surface area (Å²) in [7, 11) is 0. The van der Waals surface area contributed by atoms with E-state index in [1.54, 1.807) is 6.07 Å². The molecule has 1 atom stereocenters. The second kappa shape index (κ2) is 7.74. The molecular formula is C17H17ClF3N3O. The zero-order chi connectivity index (χ0) is 18.6. The van der Waals surface area contributed by atoms with E-state index in [0.29, 0.717) is 5.69 Å². The molecule has 1 aromatic carbocycles. The molecule has 4 nitrogen and oxygen atoms in total. The van der Waals surface area contributed by atoms with E-state index < -0.39 is 17.6 Å². The van der Waals surface area contributed by atoms with Crippen LogP contribution >= 0.6 is 11.6 Å². The van der Waals surface area contributed by atoms with Crippen molar-refractivity contribution in [2.45, 2.75) is 32.5 Å². The van der Waals surface area contributed by atoms with E-state index in [2.05, 4.69) is 15.6 Å². The van der Waals surface area contributed by atoms with Gasteiger partial charge in [0.15, 0.2) is 0 Å². The number of anilines is 2. The van der Waals surface area contributed by atoms with Crippen molar-refractivity contribution in [2.75, 3.05) is 10.6 Å². The third-order valence-electron chi connectivity index (χ3n) is 3.55. The van der Waals surface area contributed by atoms with Crippen molar-refractivity contribution in [2.24, 2.45) is 0 Å². The number of nitrogens with zero attached hydrogens (tertiary/aromatic N) is 1. The third kappa shape index (κ3) is 5.09. The monoisotopic (exact) mass is 371 g/mol. The van der Waals surface area contributed by atoms with Crippen molar-refractivity contribution >= 4 is 28.9 Å². The Hall–Kier alpha value is -2.28. The summed E-state index contributed by atoms with van der Waals surface area (Å²) in [6, 6.07) is 6.53. The maximum Gasteiger partial charge on any atom is 0.418 e. The summed E-state index contributed by atoms with van der Waals surface area (Å²) in [6.45, 7) is 3.98. The number of aromatic nitrogens is 1. The number of benzene rings is 1. The number of nitrogens with one attached hydrogen (secondary N) is 2. The first kappa shape index (κ1) is 19.1. The Morgan fingerprint density at radius 1 is 1.28 bits per heavy atom. The van der Waals surface area contributed by atoms with E-state index in [1.165, 1.54) is 18.3 Å². The molecule has 0 spiro atoms. The van der Waals surface area contributed by atoms with Crippen LogP contribution in [0.5, 0.6) is 0 Å². The highest BCUT2D eigenvalue weighted by Crippen LogP contribution is 2.36. The molecule has 0 aliphatic carbocycles. The Morgan fingerprint density at radius 2 is 2.00 bits per heavy atom. The van der Waals surface area contributed by atoms with Gasteiger partial charge < -0.3 is 10.6 Å². The van der Waals surface area contributed by atoms with Crippen LogP contribution in [0.1, 0.15) is 36.3 Å². The van der Waals surface area contributed by atoms with Gasteiger partial charge in [0.05, 0.1) is 11.3 Å².